The van der Waals surface area contributed by atoms with E-state index in [0.29, 0.717) is 5.92 Å². The molecule has 0 unspecified atom stereocenters. The largest absolute Gasteiger partial charge is 0.453 e. The molecular formula is C19H24N2O3S. The molecule has 2 N–H and O–H groups in total. The van der Waals surface area contributed by atoms with Crippen LogP contribution in [0.5, 0.6) is 0 Å². The van der Waals surface area contributed by atoms with Crippen LogP contribution in [-0.2, 0) is 9.53 Å². The molecule has 2 rings (SSSR count). The van der Waals surface area contributed by atoms with Gasteiger partial charge in [0.15, 0.2) is 0 Å². The average molecular weight is 360 g/mol. The molecule has 0 spiro atoms. The van der Waals surface area contributed by atoms with Crippen molar-refractivity contribution in [3.05, 3.63) is 57.8 Å². The first-order valence-corrected chi connectivity index (χ1v) is 9.17. The van der Waals surface area contributed by atoms with Gasteiger partial charge < -0.3 is 4.74 Å². The maximum absolute atomic E-state index is 11.8. The topological polar surface area (TPSA) is 67.4 Å². The van der Waals surface area contributed by atoms with Crippen molar-refractivity contribution in [2.45, 2.75) is 32.2 Å². The lowest BCUT2D eigenvalue weighted by Gasteiger charge is -2.19. The average Bonchev–Trinajstić information content (AvgIpc) is 3.16. The van der Waals surface area contributed by atoms with Gasteiger partial charge in [-0.2, -0.15) is 0 Å². The zero-order chi connectivity index (χ0) is 18.2. The Bertz CT molecular complexity index is 683. The van der Waals surface area contributed by atoms with Gasteiger partial charge in [-0.05, 0) is 34.9 Å². The van der Waals surface area contributed by atoms with Gasteiger partial charge in [0.2, 0.25) is 5.91 Å². The van der Waals surface area contributed by atoms with Crippen LogP contribution in [0.25, 0.3) is 0 Å². The van der Waals surface area contributed by atoms with Crippen molar-refractivity contribution in [1.29, 1.82) is 0 Å². The number of carbonyl (C=O) groups is 2. The Morgan fingerprint density at radius 2 is 1.84 bits per heavy atom. The van der Waals surface area contributed by atoms with Crippen molar-refractivity contribution in [2.24, 2.45) is 0 Å². The molecule has 0 saturated carbocycles. The van der Waals surface area contributed by atoms with Gasteiger partial charge >= 0.3 is 6.09 Å². The highest BCUT2D eigenvalue weighted by Gasteiger charge is 2.17. The van der Waals surface area contributed by atoms with Gasteiger partial charge in [-0.25, -0.2) is 4.79 Å². The standard InChI is InChI=1S/C19H24N2O3S/c1-4-13(2)14-7-9-15(10-8-14)18(16-6-5-11-25-16)20-12-17(22)21-19(23)24-3/h5-11,13,18,20H,4,12H2,1-3H3,(H,21,22,23)/t13-,18-/m1/s1. The summed E-state index contributed by atoms with van der Waals surface area (Å²) in [6, 6.07) is 12.4. The van der Waals surface area contributed by atoms with Crippen LogP contribution < -0.4 is 10.6 Å². The lowest BCUT2D eigenvalue weighted by molar-refractivity contribution is -0.119. The van der Waals surface area contributed by atoms with E-state index in [1.54, 1.807) is 11.3 Å². The lowest BCUT2D eigenvalue weighted by atomic mass is 9.95. The van der Waals surface area contributed by atoms with Crippen LogP contribution in [0, 0.1) is 0 Å². The number of methoxy groups -OCH3 is 1. The normalized spacial score (nSPS) is 13.1. The van der Waals surface area contributed by atoms with Crippen LogP contribution in [-0.4, -0.2) is 25.7 Å². The van der Waals surface area contributed by atoms with Gasteiger partial charge in [-0.15, -0.1) is 11.3 Å². The fourth-order valence-electron chi connectivity index (χ4n) is 2.49. The van der Waals surface area contributed by atoms with E-state index < -0.39 is 12.0 Å². The van der Waals surface area contributed by atoms with E-state index in [1.165, 1.54) is 12.7 Å². The Labute approximate surface area is 152 Å². The van der Waals surface area contributed by atoms with E-state index in [0.717, 1.165) is 16.9 Å². The number of rotatable bonds is 7. The Kier molecular flexibility index (Phi) is 7.16. The third-order valence-corrected chi connectivity index (χ3v) is 5.11. The molecule has 0 aliphatic carbocycles. The number of imide groups is 1. The zero-order valence-electron chi connectivity index (χ0n) is 14.7. The molecule has 1 aromatic carbocycles. The molecule has 2 aromatic rings. The van der Waals surface area contributed by atoms with Gasteiger partial charge in [0.05, 0.1) is 19.7 Å². The third kappa shape index (κ3) is 5.41. The number of hydrogen-bond donors (Lipinski definition) is 2. The molecule has 0 radical (unpaired) electrons. The van der Waals surface area contributed by atoms with Crippen LogP contribution in [0.1, 0.15) is 48.2 Å². The Hall–Kier alpha value is -2.18. The highest BCUT2D eigenvalue weighted by atomic mass is 32.1. The second-order valence-corrected chi connectivity index (χ2v) is 6.82. The summed E-state index contributed by atoms with van der Waals surface area (Å²) in [7, 11) is 1.23. The molecular weight excluding hydrogens is 336 g/mol. The predicted octanol–water partition coefficient (Wildman–Crippen LogP) is 3.82. The van der Waals surface area contributed by atoms with E-state index in [1.807, 2.05) is 17.5 Å². The van der Waals surface area contributed by atoms with Crippen molar-refractivity contribution < 1.29 is 14.3 Å². The van der Waals surface area contributed by atoms with Crippen molar-refractivity contribution in [2.75, 3.05) is 13.7 Å². The molecule has 6 heteroatoms. The van der Waals surface area contributed by atoms with Gasteiger partial charge in [-0.3, -0.25) is 15.4 Å². The highest BCUT2D eigenvalue weighted by Crippen LogP contribution is 2.27. The van der Waals surface area contributed by atoms with Crippen LogP contribution in [0.2, 0.25) is 0 Å². The summed E-state index contributed by atoms with van der Waals surface area (Å²) >= 11 is 1.63. The number of amides is 2. The van der Waals surface area contributed by atoms with Crippen LogP contribution in [0.4, 0.5) is 4.79 Å². The van der Waals surface area contributed by atoms with Crippen molar-refractivity contribution in [3.8, 4) is 0 Å². The number of benzene rings is 1. The molecule has 0 aliphatic heterocycles. The number of ether oxygens (including phenoxy) is 1. The summed E-state index contributed by atoms with van der Waals surface area (Å²) in [6.45, 7) is 4.40. The van der Waals surface area contributed by atoms with Crippen molar-refractivity contribution in [1.82, 2.24) is 10.6 Å². The van der Waals surface area contributed by atoms with E-state index in [-0.39, 0.29) is 12.6 Å². The molecule has 0 aliphatic rings. The first kappa shape index (κ1) is 19.1. The summed E-state index contributed by atoms with van der Waals surface area (Å²) in [6.07, 6.45) is 0.344. The number of alkyl carbamates (subject to hydrolysis) is 1. The molecule has 0 fully saturated rings. The molecule has 1 aromatic heterocycles. The first-order chi connectivity index (χ1) is 12.0. The zero-order valence-corrected chi connectivity index (χ0v) is 15.6. The molecule has 25 heavy (non-hydrogen) atoms. The number of hydrogen-bond acceptors (Lipinski definition) is 5. The van der Waals surface area contributed by atoms with E-state index >= 15 is 0 Å². The first-order valence-electron chi connectivity index (χ1n) is 8.29. The molecule has 0 bridgehead atoms. The maximum atomic E-state index is 11.8. The summed E-state index contributed by atoms with van der Waals surface area (Å²) < 4.78 is 4.43. The van der Waals surface area contributed by atoms with E-state index in [2.05, 4.69) is 53.5 Å². The van der Waals surface area contributed by atoms with Gasteiger partial charge in [0.1, 0.15) is 0 Å². The predicted molar refractivity (Wildman–Crippen MR) is 99.9 cm³/mol. The minimum absolute atomic E-state index is 0.0186. The second kappa shape index (κ2) is 9.34. The minimum Gasteiger partial charge on any atom is -0.453 e. The SMILES string of the molecule is CC[C@@H](C)c1ccc([C@@H](NCC(=O)NC(=O)OC)c2cccs2)cc1. The van der Waals surface area contributed by atoms with E-state index in [9.17, 15) is 9.59 Å². The Morgan fingerprint density at radius 3 is 2.40 bits per heavy atom. The summed E-state index contributed by atoms with van der Waals surface area (Å²) in [5.74, 6) is 0.0951. The molecule has 2 atom stereocenters. The molecule has 5 nitrogen and oxygen atoms in total. The summed E-state index contributed by atoms with van der Waals surface area (Å²) in [5.41, 5.74) is 2.39. The Morgan fingerprint density at radius 1 is 1.16 bits per heavy atom. The van der Waals surface area contributed by atoms with Crippen LogP contribution in [0.15, 0.2) is 41.8 Å². The minimum atomic E-state index is -0.752. The van der Waals surface area contributed by atoms with Gasteiger partial charge in [0, 0.05) is 4.88 Å². The monoisotopic (exact) mass is 360 g/mol. The molecule has 0 saturated heterocycles. The number of carbonyl (C=O) groups excluding carboxylic acids is 2. The quantitative estimate of drug-likeness (QED) is 0.788. The highest BCUT2D eigenvalue weighted by molar-refractivity contribution is 7.10. The van der Waals surface area contributed by atoms with Gasteiger partial charge in [0.25, 0.3) is 0 Å². The number of thiophene rings is 1. The van der Waals surface area contributed by atoms with E-state index in [4.69, 9.17) is 0 Å². The Balaban J connectivity index is 2.11. The summed E-state index contributed by atoms with van der Waals surface area (Å²) in [4.78, 5) is 24.1. The van der Waals surface area contributed by atoms with Crippen molar-refractivity contribution >= 4 is 23.3 Å². The third-order valence-electron chi connectivity index (χ3n) is 4.17. The van der Waals surface area contributed by atoms with Crippen LogP contribution >= 0.6 is 11.3 Å². The smallest absolute Gasteiger partial charge is 0.413 e. The fraction of sp³-hybridized carbons (Fsp3) is 0.368. The second-order valence-electron chi connectivity index (χ2n) is 5.85. The molecule has 2 amide bonds. The summed E-state index contributed by atoms with van der Waals surface area (Å²) in [5, 5.41) is 7.38. The van der Waals surface area contributed by atoms with Crippen LogP contribution in [0.3, 0.4) is 0 Å². The van der Waals surface area contributed by atoms with Gasteiger partial charge in [-0.1, -0.05) is 44.2 Å². The fourth-order valence-corrected chi connectivity index (χ4v) is 3.32. The van der Waals surface area contributed by atoms with Crippen molar-refractivity contribution in [3.63, 3.8) is 0 Å². The molecule has 1 heterocycles. The lowest BCUT2D eigenvalue weighted by Crippen LogP contribution is -2.39. The number of nitrogens with one attached hydrogen (secondary N) is 2. The molecule has 134 valence electrons. The maximum Gasteiger partial charge on any atom is 0.413 e.